The number of aromatic nitrogens is 3. The van der Waals surface area contributed by atoms with Crippen LogP contribution in [0.25, 0.3) is 11.1 Å². The number of carboxylic acid groups (broad SMARTS) is 1. The Bertz CT molecular complexity index is 1170. The van der Waals surface area contributed by atoms with Gasteiger partial charge in [0.25, 0.3) is 0 Å². The van der Waals surface area contributed by atoms with Crippen LogP contribution in [0.1, 0.15) is 40.3 Å². The lowest BCUT2D eigenvalue weighted by Crippen LogP contribution is -2.12. The number of halogens is 1. The van der Waals surface area contributed by atoms with Crippen molar-refractivity contribution in [2.75, 3.05) is 5.73 Å². The lowest BCUT2D eigenvalue weighted by Gasteiger charge is -2.18. The summed E-state index contributed by atoms with van der Waals surface area (Å²) in [6.07, 6.45) is 0.624. The van der Waals surface area contributed by atoms with Gasteiger partial charge in [-0.25, -0.2) is 14.2 Å². The van der Waals surface area contributed by atoms with Gasteiger partial charge >= 0.3 is 5.97 Å². The number of aromatic carboxylic acids is 1. The highest BCUT2D eigenvalue weighted by Gasteiger charge is 2.21. The van der Waals surface area contributed by atoms with E-state index in [1.54, 1.807) is 20.0 Å². The Morgan fingerprint density at radius 3 is 2.80 bits per heavy atom. The van der Waals surface area contributed by atoms with Crippen LogP contribution in [0.4, 0.5) is 10.2 Å². The maximum atomic E-state index is 13.7. The van der Waals surface area contributed by atoms with E-state index in [4.69, 9.17) is 16.2 Å². The highest BCUT2D eigenvalue weighted by molar-refractivity contribution is 5.89. The van der Waals surface area contributed by atoms with Crippen LogP contribution in [0, 0.1) is 17.1 Å². The minimum absolute atomic E-state index is 0.0515. The van der Waals surface area contributed by atoms with E-state index in [2.05, 4.69) is 16.2 Å². The number of anilines is 1. The number of hydrogen-bond acceptors (Lipinski definition) is 7. The number of rotatable bonds is 6. The van der Waals surface area contributed by atoms with Crippen molar-refractivity contribution in [2.45, 2.75) is 19.6 Å². The molecule has 1 unspecified atom stereocenters. The predicted octanol–water partition coefficient (Wildman–Crippen LogP) is 2.37. The van der Waals surface area contributed by atoms with Crippen molar-refractivity contribution in [3.63, 3.8) is 0 Å². The van der Waals surface area contributed by atoms with Crippen molar-refractivity contribution in [1.29, 1.82) is 5.26 Å². The standard InChI is InChI=1S/C20H19FN6O3/c1-10(14-6-12(21)3-4-13(14)20(28)29)30-17-5-11(9-25-19(17)24)18-15(7-22)26-27(2)16(18)8-23/h3-6,9-10H,7,22H2,1-2H3,(H2,24,25)(H,28,29). The van der Waals surface area contributed by atoms with Crippen LogP contribution in [0.3, 0.4) is 0 Å². The summed E-state index contributed by atoms with van der Waals surface area (Å²) in [7, 11) is 1.63. The molecule has 0 amide bonds. The molecule has 0 radical (unpaired) electrons. The van der Waals surface area contributed by atoms with Crippen molar-refractivity contribution in [3.05, 3.63) is 58.8 Å². The van der Waals surface area contributed by atoms with Gasteiger partial charge in [-0.3, -0.25) is 4.68 Å². The average molecular weight is 410 g/mol. The van der Waals surface area contributed by atoms with E-state index < -0.39 is 17.9 Å². The first-order valence-electron chi connectivity index (χ1n) is 8.88. The number of nitriles is 1. The number of pyridine rings is 1. The monoisotopic (exact) mass is 410 g/mol. The Morgan fingerprint density at radius 2 is 2.17 bits per heavy atom. The maximum absolute atomic E-state index is 13.7. The molecule has 1 aromatic carbocycles. The molecular formula is C20H19FN6O3. The highest BCUT2D eigenvalue weighted by Crippen LogP contribution is 2.34. The molecule has 3 aromatic rings. The molecule has 9 nitrogen and oxygen atoms in total. The second-order valence-electron chi connectivity index (χ2n) is 6.51. The molecule has 2 heterocycles. The number of nitrogens with two attached hydrogens (primary N) is 2. The fraction of sp³-hybridized carbons (Fsp3) is 0.200. The Kier molecular flexibility index (Phi) is 5.66. The number of nitrogen functional groups attached to an aromatic ring is 1. The number of nitrogens with zero attached hydrogens (tertiary/aromatic N) is 4. The lowest BCUT2D eigenvalue weighted by molar-refractivity contribution is 0.0691. The van der Waals surface area contributed by atoms with Crippen LogP contribution in [0.2, 0.25) is 0 Å². The first-order valence-corrected chi connectivity index (χ1v) is 8.88. The zero-order chi connectivity index (χ0) is 22.0. The largest absolute Gasteiger partial charge is 0.482 e. The summed E-state index contributed by atoms with van der Waals surface area (Å²) < 4.78 is 21.0. The summed E-state index contributed by atoms with van der Waals surface area (Å²) in [4.78, 5) is 15.6. The van der Waals surface area contributed by atoms with Gasteiger partial charge in [-0.15, -0.1) is 0 Å². The van der Waals surface area contributed by atoms with Crippen molar-refractivity contribution in [1.82, 2.24) is 14.8 Å². The molecule has 5 N–H and O–H groups in total. The predicted molar refractivity (Wildman–Crippen MR) is 106 cm³/mol. The molecule has 1 atom stereocenters. The molecule has 3 rings (SSSR count). The fourth-order valence-corrected chi connectivity index (χ4v) is 3.16. The third-order valence-electron chi connectivity index (χ3n) is 4.58. The third-order valence-corrected chi connectivity index (χ3v) is 4.58. The number of benzene rings is 1. The van der Waals surface area contributed by atoms with Gasteiger partial charge in [0.15, 0.2) is 11.6 Å². The van der Waals surface area contributed by atoms with E-state index in [-0.39, 0.29) is 29.2 Å². The molecule has 0 saturated heterocycles. The molecule has 2 aromatic heterocycles. The Hall–Kier alpha value is -3.97. The van der Waals surface area contributed by atoms with Crippen molar-refractivity contribution >= 4 is 11.8 Å². The van der Waals surface area contributed by atoms with Gasteiger partial charge in [0.05, 0.1) is 11.3 Å². The minimum Gasteiger partial charge on any atom is -0.482 e. The second kappa shape index (κ2) is 8.18. The average Bonchev–Trinajstić information content (AvgIpc) is 3.04. The topological polar surface area (TPSA) is 153 Å². The number of ether oxygens (including phenoxy) is 1. The molecule has 0 spiro atoms. The van der Waals surface area contributed by atoms with Gasteiger partial charge in [0, 0.05) is 36.5 Å². The van der Waals surface area contributed by atoms with Gasteiger partial charge < -0.3 is 21.3 Å². The molecule has 0 aliphatic heterocycles. The molecule has 0 aliphatic carbocycles. The number of carboxylic acids is 1. The molecule has 154 valence electrons. The van der Waals surface area contributed by atoms with Gasteiger partial charge in [0.1, 0.15) is 23.7 Å². The van der Waals surface area contributed by atoms with Gasteiger partial charge in [-0.1, -0.05) is 0 Å². The van der Waals surface area contributed by atoms with Crippen LogP contribution < -0.4 is 16.2 Å². The van der Waals surface area contributed by atoms with E-state index in [1.807, 2.05) is 0 Å². The second-order valence-corrected chi connectivity index (χ2v) is 6.51. The van der Waals surface area contributed by atoms with E-state index in [0.717, 1.165) is 12.1 Å². The van der Waals surface area contributed by atoms with Crippen molar-refractivity contribution in [3.8, 4) is 22.9 Å². The van der Waals surface area contributed by atoms with Gasteiger partial charge in [0.2, 0.25) is 0 Å². The highest BCUT2D eigenvalue weighted by atomic mass is 19.1. The van der Waals surface area contributed by atoms with Crippen LogP contribution in [0.15, 0.2) is 30.5 Å². The van der Waals surface area contributed by atoms with Crippen LogP contribution in [-0.4, -0.2) is 25.8 Å². The van der Waals surface area contributed by atoms with Crippen LogP contribution in [-0.2, 0) is 13.6 Å². The summed E-state index contributed by atoms with van der Waals surface area (Å²) in [5.41, 5.74) is 13.5. The molecule has 0 fully saturated rings. The molecule has 0 saturated carbocycles. The van der Waals surface area contributed by atoms with E-state index in [0.29, 0.717) is 22.5 Å². The molecule has 10 heteroatoms. The van der Waals surface area contributed by atoms with Crippen LogP contribution >= 0.6 is 0 Å². The molecule has 30 heavy (non-hydrogen) atoms. The van der Waals surface area contributed by atoms with E-state index in [9.17, 15) is 19.6 Å². The maximum Gasteiger partial charge on any atom is 0.336 e. The molecular weight excluding hydrogens is 391 g/mol. The SMILES string of the molecule is CC(Oc1cc(-c2c(CN)nn(C)c2C#N)cnc1N)c1cc(F)ccc1C(=O)O. The van der Waals surface area contributed by atoms with Gasteiger partial charge in [-0.2, -0.15) is 10.4 Å². The molecule has 0 bridgehead atoms. The van der Waals surface area contributed by atoms with Gasteiger partial charge in [-0.05, 0) is 31.2 Å². The summed E-state index contributed by atoms with van der Waals surface area (Å²) in [5.74, 6) is -1.60. The quantitative estimate of drug-likeness (QED) is 0.560. The van der Waals surface area contributed by atoms with Crippen molar-refractivity contribution < 1.29 is 19.0 Å². The lowest BCUT2D eigenvalue weighted by atomic mass is 10.0. The summed E-state index contributed by atoms with van der Waals surface area (Å²) in [6, 6.07) is 6.99. The zero-order valence-electron chi connectivity index (χ0n) is 16.3. The van der Waals surface area contributed by atoms with Crippen LogP contribution in [0.5, 0.6) is 5.75 Å². The third kappa shape index (κ3) is 3.78. The van der Waals surface area contributed by atoms with E-state index >= 15 is 0 Å². The zero-order valence-corrected chi connectivity index (χ0v) is 16.3. The summed E-state index contributed by atoms with van der Waals surface area (Å²) in [5, 5.41) is 23.1. The smallest absolute Gasteiger partial charge is 0.336 e. The summed E-state index contributed by atoms with van der Waals surface area (Å²) in [6.45, 7) is 1.68. The number of aryl methyl sites for hydroxylation is 1. The Morgan fingerprint density at radius 1 is 1.43 bits per heavy atom. The number of carbonyl (C=O) groups is 1. The first-order chi connectivity index (χ1) is 14.3. The minimum atomic E-state index is -1.21. The van der Waals surface area contributed by atoms with Crippen molar-refractivity contribution in [2.24, 2.45) is 12.8 Å². The summed E-state index contributed by atoms with van der Waals surface area (Å²) >= 11 is 0. The Labute approximate surface area is 171 Å². The Balaban J connectivity index is 2.04. The fourth-order valence-electron chi connectivity index (χ4n) is 3.16. The molecule has 0 aliphatic rings. The number of hydrogen-bond donors (Lipinski definition) is 3. The normalized spacial score (nSPS) is 11.7. The van der Waals surface area contributed by atoms with E-state index in [1.165, 1.54) is 16.9 Å². The first kappa shape index (κ1) is 20.8.